The van der Waals surface area contributed by atoms with Crippen LogP contribution in [0, 0.1) is 13.8 Å². The predicted octanol–water partition coefficient (Wildman–Crippen LogP) is 4.50. The molecule has 3 aromatic rings. The van der Waals surface area contributed by atoms with Crippen LogP contribution in [0.25, 0.3) is 17.2 Å². The van der Waals surface area contributed by atoms with Gasteiger partial charge in [-0.3, -0.25) is 9.59 Å². The minimum absolute atomic E-state index is 0.113. The van der Waals surface area contributed by atoms with Crippen molar-refractivity contribution in [2.45, 2.75) is 13.8 Å². The number of nitrogens with zero attached hydrogens (tertiary/aromatic N) is 1. The molecule has 0 saturated carbocycles. The third kappa shape index (κ3) is 2.00. The molecule has 1 aliphatic carbocycles. The lowest BCUT2D eigenvalue weighted by molar-refractivity contribution is 0.0990. The Hall–Kier alpha value is -2.59. The molecule has 4 nitrogen and oxygen atoms in total. The highest BCUT2D eigenvalue weighted by Gasteiger charge is 2.34. The molecule has 5 heteroatoms. The molecular weight excluding hydrogens is 326 g/mol. The van der Waals surface area contributed by atoms with Gasteiger partial charge in [0.25, 0.3) is 0 Å². The molecule has 0 bridgehead atoms. The maximum atomic E-state index is 12.6. The van der Waals surface area contributed by atoms with E-state index in [4.69, 9.17) is 16.0 Å². The summed E-state index contributed by atoms with van der Waals surface area (Å²) in [4.78, 5) is 25.1. The van der Waals surface area contributed by atoms with Crippen molar-refractivity contribution in [3.8, 4) is 0 Å². The van der Waals surface area contributed by atoms with E-state index in [0.717, 1.165) is 22.4 Å². The van der Waals surface area contributed by atoms with Gasteiger partial charge < -0.3 is 8.98 Å². The van der Waals surface area contributed by atoms with Crippen molar-refractivity contribution >= 4 is 40.3 Å². The van der Waals surface area contributed by atoms with Crippen LogP contribution in [-0.4, -0.2) is 16.1 Å². The lowest BCUT2D eigenvalue weighted by atomic mass is 10.1. The highest BCUT2D eigenvalue weighted by molar-refractivity contribution is 6.42. The van der Waals surface area contributed by atoms with Crippen LogP contribution in [0.3, 0.4) is 0 Å². The van der Waals surface area contributed by atoms with E-state index < -0.39 is 0 Å². The quantitative estimate of drug-likeness (QED) is 0.484. The maximum absolute atomic E-state index is 12.6. The Balaban J connectivity index is 1.82. The molecule has 1 aromatic carbocycles. The molecule has 0 saturated heterocycles. The van der Waals surface area contributed by atoms with Gasteiger partial charge in [-0.15, -0.1) is 0 Å². The third-order valence-corrected chi connectivity index (χ3v) is 4.96. The minimum Gasteiger partial charge on any atom is -0.455 e. The first-order chi connectivity index (χ1) is 11.4. The zero-order valence-corrected chi connectivity index (χ0v) is 14.2. The molecule has 2 heterocycles. The molecule has 0 atom stereocenters. The number of carbonyl (C=O) groups is 2. The molecule has 2 aromatic heterocycles. The summed E-state index contributed by atoms with van der Waals surface area (Å²) in [6, 6.07) is 6.99. The zero-order valence-electron chi connectivity index (χ0n) is 13.4. The van der Waals surface area contributed by atoms with E-state index in [-0.39, 0.29) is 17.1 Å². The average molecular weight is 340 g/mol. The van der Waals surface area contributed by atoms with E-state index in [1.54, 1.807) is 12.1 Å². The molecule has 0 spiro atoms. The number of fused-ring (bicyclic) bond motifs is 2. The van der Waals surface area contributed by atoms with E-state index in [1.807, 2.05) is 37.6 Å². The number of Topliss-reactive ketones (excluding diaryl/α,β-unsaturated/α-hetero) is 2. The lowest BCUT2D eigenvalue weighted by Gasteiger charge is -2.00. The zero-order chi connectivity index (χ0) is 17.2. The SMILES string of the molecule is Cc1cc2c(cc1Cl)C(=O)/C(=C\c1cc3c(cc(C)n3C)o1)C2=O. The molecule has 24 heavy (non-hydrogen) atoms. The summed E-state index contributed by atoms with van der Waals surface area (Å²) in [6.45, 7) is 3.80. The average Bonchev–Trinajstić information content (AvgIpc) is 3.11. The van der Waals surface area contributed by atoms with Gasteiger partial charge in [0.15, 0.2) is 17.1 Å². The summed E-state index contributed by atoms with van der Waals surface area (Å²) < 4.78 is 7.74. The number of benzene rings is 1. The molecule has 0 unspecified atom stereocenters. The van der Waals surface area contributed by atoms with Crippen molar-refractivity contribution in [3.05, 3.63) is 63.0 Å². The number of rotatable bonds is 1. The van der Waals surface area contributed by atoms with E-state index >= 15 is 0 Å². The molecular formula is C19H14ClNO3. The van der Waals surface area contributed by atoms with Gasteiger partial charge in [0.2, 0.25) is 0 Å². The highest BCUT2D eigenvalue weighted by atomic mass is 35.5. The Bertz CT molecular complexity index is 1040. The van der Waals surface area contributed by atoms with E-state index in [0.29, 0.717) is 21.9 Å². The Kier molecular flexibility index (Phi) is 3.09. The first-order valence-corrected chi connectivity index (χ1v) is 7.91. The molecule has 0 aliphatic heterocycles. The Labute approximate surface area is 143 Å². The first kappa shape index (κ1) is 15.0. The largest absolute Gasteiger partial charge is 0.455 e. The van der Waals surface area contributed by atoms with Crippen LogP contribution < -0.4 is 0 Å². The Morgan fingerprint density at radius 1 is 1.04 bits per heavy atom. The van der Waals surface area contributed by atoms with E-state index in [1.165, 1.54) is 6.08 Å². The van der Waals surface area contributed by atoms with Crippen LogP contribution in [0.2, 0.25) is 5.02 Å². The van der Waals surface area contributed by atoms with Gasteiger partial charge in [0, 0.05) is 41.0 Å². The molecule has 0 radical (unpaired) electrons. The number of ketones is 2. The van der Waals surface area contributed by atoms with Gasteiger partial charge >= 0.3 is 0 Å². The second-order valence-electron chi connectivity index (χ2n) is 6.11. The van der Waals surface area contributed by atoms with Gasteiger partial charge in [-0.1, -0.05) is 11.6 Å². The summed E-state index contributed by atoms with van der Waals surface area (Å²) in [7, 11) is 1.94. The van der Waals surface area contributed by atoms with Crippen molar-refractivity contribution in [1.29, 1.82) is 0 Å². The standard InChI is InChI=1S/C19H14ClNO3/c1-9-4-12-13(8-15(9)20)19(23)14(18(12)22)6-11-7-16-17(24-11)5-10(2)21(16)3/h4-8H,1-3H3/b14-6-. The third-order valence-electron chi connectivity index (χ3n) is 4.55. The number of carbonyl (C=O) groups excluding carboxylic acids is 2. The fourth-order valence-electron chi connectivity index (χ4n) is 3.05. The summed E-state index contributed by atoms with van der Waals surface area (Å²) in [5.74, 6) is -0.108. The summed E-state index contributed by atoms with van der Waals surface area (Å²) in [5.41, 5.74) is 4.38. The first-order valence-electron chi connectivity index (χ1n) is 7.54. The summed E-state index contributed by atoms with van der Waals surface area (Å²) in [5, 5.41) is 0.482. The number of furan rings is 1. The van der Waals surface area contributed by atoms with Crippen molar-refractivity contribution in [2.24, 2.45) is 7.05 Å². The monoisotopic (exact) mass is 339 g/mol. The van der Waals surface area contributed by atoms with E-state index in [2.05, 4.69) is 0 Å². The van der Waals surface area contributed by atoms with Gasteiger partial charge in [-0.2, -0.15) is 0 Å². The maximum Gasteiger partial charge on any atom is 0.197 e. The molecule has 120 valence electrons. The van der Waals surface area contributed by atoms with Crippen molar-refractivity contribution < 1.29 is 14.0 Å². The minimum atomic E-state index is -0.312. The van der Waals surface area contributed by atoms with Crippen molar-refractivity contribution in [2.75, 3.05) is 0 Å². The van der Waals surface area contributed by atoms with Crippen LogP contribution in [0.1, 0.15) is 37.7 Å². The number of hydrogen-bond donors (Lipinski definition) is 0. The summed E-state index contributed by atoms with van der Waals surface area (Å²) in [6.07, 6.45) is 1.52. The molecule has 0 amide bonds. The van der Waals surface area contributed by atoms with E-state index in [9.17, 15) is 9.59 Å². The van der Waals surface area contributed by atoms with Crippen LogP contribution in [-0.2, 0) is 7.05 Å². The summed E-state index contributed by atoms with van der Waals surface area (Å²) >= 11 is 6.08. The molecule has 4 rings (SSSR count). The lowest BCUT2D eigenvalue weighted by Crippen LogP contribution is -1.99. The van der Waals surface area contributed by atoms with Crippen LogP contribution in [0.4, 0.5) is 0 Å². The van der Waals surface area contributed by atoms with Crippen LogP contribution >= 0.6 is 11.6 Å². The molecule has 1 aliphatic rings. The van der Waals surface area contributed by atoms with Crippen molar-refractivity contribution in [1.82, 2.24) is 4.57 Å². The van der Waals surface area contributed by atoms with Crippen LogP contribution in [0.15, 0.2) is 34.3 Å². The smallest absolute Gasteiger partial charge is 0.197 e. The predicted molar refractivity (Wildman–Crippen MR) is 92.7 cm³/mol. The number of halogens is 1. The fraction of sp³-hybridized carbons (Fsp3) is 0.158. The second kappa shape index (κ2) is 4.95. The highest BCUT2D eigenvalue weighted by Crippen LogP contribution is 2.33. The topological polar surface area (TPSA) is 52.2 Å². The van der Waals surface area contributed by atoms with Gasteiger partial charge in [-0.25, -0.2) is 0 Å². The number of aromatic nitrogens is 1. The van der Waals surface area contributed by atoms with Gasteiger partial charge in [0.1, 0.15) is 5.76 Å². The number of hydrogen-bond acceptors (Lipinski definition) is 3. The van der Waals surface area contributed by atoms with Crippen molar-refractivity contribution in [3.63, 3.8) is 0 Å². The van der Waals surface area contributed by atoms with Crippen LogP contribution in [0.5, 0.6) is 0 Å². The number of allylic oxidation sites excluding steroid dienone is 1. The number of aryl methyl sites for hydroxylation is 3. The second-order valence-corrected chi connectivity index (χ2v) is 6.51. The molecule has 0 N–H and O–H groups in total. The fourth-order valence-corrected chi connectivity index (χ4v) is 3.22. The molecule has 0 fully saturated rings. The van der Waals surface area contributed by atoms with Gasteiger partial charge in [-0.05, 0) is 37.6 Å². The Morgan fingerprint density at radius 3 is 2.38 bits per heavy atom. The normalized spacial score (nSPS) is 15.8. The van der Waals surface area contributed by atoms with Gasteiger partial charge in [0.05, 0.1) is 11.1 Å². The Morgan fingerprint density at radius 2 is 1.71 bits per heavy atom.